The van der Waals surface area contributed by atoms with E-state index in [9.17, 15) is 9.59 Å². The molecule has 148 valence electrons. The average Bonchev–Trinajstić information content (AvgIpc) is 2.67. The van der Waals surface area contributed by atoms with Crippen molar-refractivity contribution in [1.29, 1.82) is 0 Å². The molecule has 0 aliphatic carbocycles. The van der Waals surface area contributed by atoms with E-state index in [1.165, 1.54) is 6.21 Å². The summed E-state index contributed by atoms with van der Waals surface area (Å²) in [6, 6.07) is 12.2. The first-order chi connectivity index (χ1) is 13.5. The van der Waals surface area contributed by atoms with Crippen molar-refractivity contribution in [2.45, 2.75) is 26.2 Å². The van der Waals surface area contributed by atoms with Gasteiger partial charge in [0.2, 0.25) is 11.8 Å². The minimum atomic E-state index is -0.550. The molecule has 0 saturated heterocycles. The summed E-state index contributed by atoms with van der Waals surface area (Å²) in [5.41, 5.74) is 3.44. The van der Waals surface area contributed by atoms with Crippen molar-refractivity contribution >= 4 is 46.9 Å². The van der Waals surface area contributed by atoms with E-state index < -0.39 is 18.2 Å². The molecule has 0 unspecified atom stereocenters. The summed E-state index contributed by atoms with van der Waals surface area (Å²) >= 11 is 11.9. The van der Waals surface area contributed by atoms with E-state index in [0.717, 1.165) is 24.2 Å². The summed E-state index contributed by atoms with van der Waals surface area (Å²) in [7, 11) is 0. The number of halogens is 2. The summed E-state index contributed by atoms with van der Waals surface area (Å²) in [6.45, 7) is 2.79. The summed E-state index contributed by atoms with van der Waals surface area (Å²) < 4.78 is 5.58. The Morgan fingerprint density at radius 3 is 2.57 bits per heavy atom. The molecule has 0 aromatic heterocycles. The van der Waals surface area contributed by atoms with Gasteiger partial charge in [-0.05, 0) is 48.4 Å². The summed E-state index contributed by atoms with van der Waals surface area (Å²) in [5.74, 6) is -0.289. The maximum absolute atomic E-state index is 11.9. The molecule has 0 heterocycles. The smallest absolute Gasteiger partial charge is 0.249 e. The molecule has 2 aromatic rings. The highest BCUT2D eigenvalue weighted by Crippen LogP contribution is 2.29. The predicted octanol–water partition coefficient (Wildman–Crippen LogP) is 4.65. The number of anilines is 1. The molecule has 2 rings (SSSR count). The number of hydrogen-bond donors (Lipinski definition) is 2. The quantitative estimate of drug-likeness (QED) is 0.267. The van der Waals surface area contributed by atoms with Crippen LogP contribution in [0.5, 0.6) is 5.75 Å². The van der Waals surface area contributed by atoms with Crippen LogP contribution in [0.4, 0.5) is 5.69 Å². The SMILES string of the molecule is CCCCOc1ccc(C=NNC(=O)CC(=O)Nc2cccc(Cl)c2Cl)cc1. The number of nitrogens with one attached hydrogen (secondary N) is 2. The van der Waals surface area contributed by atoms with Gasteiger partial charge in [-0.2, -0.15) is 5.10 Å². The van der Waals surface area contributed by atoms with Crippen LogP contribution in [0.25, 0.3) is 0 Å². The van der Waals surface area contributed by atoms with Gasteiger partial charge in [0.15, 0.2) is 0 Å². The molecule has 0 fully saturated rings. The first kappa shape index (κ1) is 21.7. The maximum Gasteiger partial charge on any atom is 0.249 e. The van der Waals surface area contributed by atoms with Gasteiger partial charge >= 0.3 is 0 Å². The van der Waals surface area contributed by atoms with Crippen molar-refractivity contribution in [3.05, 3.63) is 58.1 Å². The second-order valence-electron chi connectivity index (χ2n) is 5.89. The first-order valence-electron chi connectivity index (χ1n) is 8.78. The molecule has 8 heteroatoms. The van der Waals surface area contributed by atoms with E-state index in [1.807, 2.05) is 24.3 Å². The predicted molar refractivity (Wildman–Crippen MR) is 112 cm³/mol. The lowest BCUT2D eigenvalue weighted by molar-refractivity contribution is -0.126. The Hall–Kier alpha value is -2.57. The maximum atomic E-state index is 11.9. The molecule has 0 radical (unpaired) electrons. The van der Waals surface area contributed by atoms with Crippen molar-refractivity contribution in [2.75, 3.05) is 11.9 Å². The summed E-state index contributed by atoms with van der Waals surface area (Å²) in [4.78, 5) is 23.7. The van der Waals surface area contributed by atoms with Gasteiger partial charge in [0.1, 0.15) is 12.2 Å². The van der Waals surface area contributed by atoms with Gasteiger partial charge < -0.3 is 10.1 Å². The van der Waals surface area contributed by atoms with Crippen molar-refractivity contribution in [3.63, 3.8) is 0 Å². The number of carbonyl (C=O) groups excluding carboxylic acids is 2. The van der Waals surface area contributed by atoms with E-state index in [4.69, 9.17) is 27.9 Å². The average molecular weight is 422 g/mol. The van der Waals surface area contributed by atoms with Gasteiger partial charge in [0, 0.05) is 0 Å². The van der Waals surface area contributed by atoms with Gasteiger partial charge in [-0.15, -0.1) is 0 Å². The molecule has 0 bridgehead atoms. The van der Waals surface area contributed by atoms with Gasteiger partial charge in [0.05, 0.1) is 28.6 Å². The Balaban J connectivity index is 1.78. The third kappa shape index (κ3) is 7.21. The number of rotatable bonds is 9. The Morgan fingerprint density at radius 2 is 1.86 bits per heavy atom. The van der Waals surface area contributed by atoms with E-state index in [2.05, 4.69) is 22.8 Å². The van der Waals surface area contributed by atoms with Crippen LogP contribution in [0.3, 0.4) is 0 Å². The molecule has 0 aliphatic rings. The fourth-order valence-corrected chi connectivity index (χ4v) is 2.49. The lowest BCUT2D eigenvalue weighted by atomic mass is 10.2. The highest BCUT2D eigenvalue weighted by Gasteiger charge is 2.12. The molecule has 2 aromatic carbocycles. The van der Waals surface area contributed by atoms with E-state index in [0.29, 0.717) is 17.3 Å². The Bertz CT molecular complexity index is 839. The summed E-state index contributed by atoms with van der Waals surface area (Å²) in [5, 5.41) is 6.92. The fourth-order valence-electron chi connectivity index (χ4n) is 2.14. The number of hydrazone groups is 1. The van der Waals surface area contributed by atoms with Crippen LogP contribution in [-0.4, -0.2) is 24.6 Å². The highest BCUT2D eigenvalue weighted by molar-refractivity contribution is 6.44. The Morgan fingerprint density at radius 1 is 1.11 bits per heavy atom. The second kappa shape index (κ2) is 11.3. The van der Waals surface area contributed by atoms with Gasteiger partial charge in [0.25, 0.3) is 0 Å². The number of nitrogens with zero attached hydrogens (tertiary/aromatic N) is 1. The van der Waals surface area contributed by atoms with Crippen LogP contribution >= 0.6 is 23.2 Å². The van der Waals surface area contributed by atoms with Crippen LogP contribution < -0.4 is 15.5 Å². The van der Waals surface area contributed by atoms with Crippen molar-refractivity contribution in [1.82, 2.24) is 5.43 Å². The normalized spacial score (nSPS) is 10.7. The fraction of sp³-hybridized carbons (Fsp3) is 0.250. The van der Waals surface area contributed by atoms with Crippen LogP contribution in [0.1, 0.15) is 31.7 Å². The van der Waals surface area contributed by atoms with E-state index in [-0.39, 0.29) is 5.02 Å². The van der Waals surface area contributed by atoms with Crippen molar-refractivity contribution < 1.29 is 14.3 Å². The zero-order valence-corrected chi connectivity index (χ0v) is 16.9. The van der Waals surface area contributed by atoms with Crippen LogP contribution in [0, 0.1) is 0 Å². The van der Waals surface area contributed by atoms with Gasteiger partial charge in [-0.1, -0.05) is 42.6 Å². The standard InChI is InChI=1S/C20H21Cl2N3O3/c1-2-3-11-28-15-9-7-14(8-10-15)13-23-25-19(27)12-18(26)24-17-6-4-5-16(21)20(17)22/h4-10,13H,2-3,11-12H2,1H3,(H,24,26)(H,25,27). The van der Waals surface area contributed by atoms with Gasteiger partial charge in [-0.25, -0.2) is 5.43 Å². The van der Waals surface area contributed by atoms with Crippen molar-refractivity contribution in [3.8, 4) is 5.75 Å². The first-order valence-corrected chi connectivity index (χ1v) is 9.54. The van der Waals surface area contributed by atoms with Crippen LogP contribution in [-0.2, 0) is 9.59 Å². The molecule has 2 amide bonds. The number of hydrogen-bond acceptors (Lipinski definition) is 4. The Labute approximate surface area is 173 Å². The molecule has 0 spiro atoms. The van der Waals surface area contributed by atoms with Crippen LogP contribution in [0.2, 0.25) is 10.0 Å². The molecular weight excluding hydrogens is 401 g/mol. The highest BCUT2D eigenvalue weighted by atomic mass is 35.5. The second-order valence-corrected chi connectivity index (χ2v) is 6.68. The lowest BCUT2D eigenvalue weighted by Crippen LogP contribution is -2.24. The number of benzene rings is 2. The molecular formula is C20H21Cl2N3O3. The Kier molecular flexibility index (Phi) is 8.78. The molecule has 28 heavy (non-hydrogen) atoms. The molecule has 0 aliphatic heterocycles. The van der Waals surface area contributed by atoms with E-state index in [1.54, 1.807) is 18.2 Å². The van der Waals surface area contributed by atoms with Crippen molar-refractivity contribution in [2.24, 2.45) is 5.10 Å². The third-order valence-corrected chi connectivity index (χ3v) is 4.42. The van der Waals surface area contributed by atoms with Crippen LogP contribution in [0.15, 0.2) is 47.6 Å². The minimum Gasteiger partial charge on any atom is -0.494 e. The zero-order valence-electron chi connectivity index (χ0n) is 15.4. The molecule has 6 nitrogen and oxygen atoms in total. The largest absolute Gasteiger partial charge is 0.494 e. The molecule has 2 N–H and O–H groups in total. The lowest BCUT2D eigenvalue weighted by Gasteiger charge is -2.07. The zero-order chi connectivity index (χ0) is 20.4. The number of ether oxygens (including phenoxy) is 1. The van der Waals surface area contributed by atoms with Gasteiger partial charge in [-0.3, -0.25) is 9.59 Å². The minimum absolute atomic E-state index is 0.220. The third-order valence-electron chi connectivity index (χ3n) is 3.60. The van der Waals surface area contributed by atoms with E-state index >= 15 is 0 Å². The summed E-state index contributed by atoms with van der Waals surface area (Å²) in [6.07, 6.45) is 3.17. The topological polar surface area (TPSA) is 79.8 Å². The molecule has 0 atom stereocenters. The number of amides is 2. The molecule has 0 saturated carbocycles. The number of carbonyl (C=O) groups is 2. The monoisotopic (exact) mass is 421 g/mol. The number of unbranched alkanes of at least 4 members (excludes halogenated alkanes) is 1.